The quantitative estimate of drug-likeness (QED) is 0.740. The van der Waals surface area contributed by atoms with Crippen molar-refractivity contribution in [3.05, 3.63) is 29.8 Å². The number of rotatable bonds is 2. The molecule has 2 atom stereocenters. The van der Waals surface area contributed by atoms with Crippen LogP contribution in [0.4, 0.5) is 5.69 Å². The summed E-state index contributed by atoms with van der Waals surface area (Å²) >= 11 is 0. The minimum atomic E-state index is -0.0337. The fourth-order valence-corrected chi connectivity index (χ4v) is 3.37. The van der Waals surface area contributed by atoms with Gasteiger partial charge in [0.25, 0.3) is 0 Å². The van der Waals surface area contributed by atoms with Gasteiger partial charge >= 0.3 is 0 Å². The first kappa shape index (κ1) is 11.3. The van der Waals surface area contributed by atoms with Crippen LogP contribution in [0.5, 0.6) is 0 Å². The Bertz CT molecular complexity index is 526. The number of nitrogens with one attached hydrogen (secondary N) is 3. The van der Waals surface area contributed by atoms with Gasteiger partial charge in [0.1, 0.15) is 0 Å². The Labute approximate surface area is 113 Å². The molecule has 1 aliphatic carbocycles. The van der Waals surface area contributed by atoms with E-state index < -0.39 is 0 Å². The molecule has 4 nitrogen and oxygen atoms in total. The van der Waals surface area contributed by atoms with Gasteiger partial charge in [0.2, 0.25) is 5.91 Å². The minimum Gasteiger partial charge on any atom is -0.384 e. The average Bonchev–Trinajstić information content (AvgIpc) is 3.04. The maximum Gasteiger partial charge on any atom is 0.237 e. The lowest BCUT2D eigenvalue weighted by Crippen LogP contribution is -2.41. The predicted octanol–water partition coefficient (Wildman–Crippen LogP) is 0.990. The highest BCUT2D eigenvalue weighted by Gasteiger charge is 2.47. The lowest BCUT2D eigenvalue weighted by molar-refractivity contribution is -0.123. The Kier molecular flexibility index (Phi) is 2.36. The molecule has 2 heterocycles. The van der Waals surface area contributed by atoms with Crippen molar-refractivity contribution in [1.29, 1.82) is 0 Å². The van der Waals surface area contributed by atoms with Crippen molar-refractivity contribution >= 4 is 11.6 Å². The fraction of sp³-hybridized carbons (Fsp3) is 0.533. The van der Waals surface area contributed by atoms with Gasteiger partial charge in [-0.15, -0.1) is 0 Å². The van der Waals surface area contributed by atoms with E-state index in [2.05, 4.69) is 40.2 Å². The maximum absolute atomic E-state index is 12.2. The highest BCUT2D eigenvalue weighted by molar-refractivity contribution is 5.83. The number of para-hydroxylation sites is 1. The van der Waals surface area contributed by atoms with E-state index in [-0.39, 0.29) is 17.4 Å². The molecule has 4 rings (SSSR count). The third kappa shape index (κ3) is 1.82. The number of hydrogen-bond acceptors (Lipinski definition) is 3. The van der Waals surface area contributed by atoms with Crippen LogP contribution >= 0.6 is 0 Å². The summed E-state index contributed by atoms with van der Waals surface area (Å²) in [6.07, 6.45) is 3.19. The second kappa shape index (κ2) is 3.97. The molecule has 1 amide bonds. The van der Waals surface area contributed by atoms with Crippen LogP contribution in [-0.2, 0) is 10.2 Å². The summed E-state index contributed by atoms with van der Waals surface area (Å²) in [4.78, 5) is 12.2. The molecule has 2 aliphatic heterocycles. The van der Waals surface area contributed by atoms with Crippen molar-refractivity contribution in [1.82, 2.24) is 10.6 Å². The Morgan fingerprint density at radius 2 is 2.11 bits per heavy atom. The van der Waals surface area contributed by atoms with E-state index >= 15 is 0 Å². The number of carbonyl (C=O) groups excluding carboxylic acids is 1. The first-order valence-corrected chi connectivity index (χ1v) is 7.14. The van der Waals surface area contributed by atoms with Gasteiger partial charge in [0.15, 0.2) is 0 Å². The Morgan fingerprint density at radius 1 is 1.26 bits per heavy atom. The van der Waals surface area contributed by atoms with Crippen LogP contribution in [0.2, 0.25) is 0 Å². The molecule has 0 aromatic heterocycles. The summed E-state index contributed by atoms with van der Waals surface area (Å²) in [5.41, 5.74) is 2.69. The molecular weight excluding hydrogens is 238 g/mol. The molecule has 19 heavy (non-hydrogen) atoms. The zero-order chi connectivity index (χ0) is 12.9. The molecule has 2 fully saturated rings. The van der Waals surface area contributed by atoms with Gasteiger partial charge in [-0.25, -0.2) is 0 Å². The van der Waals surface area contributed by atoms with E-state index in [0.29, 0.717) is 6.04 Å². The van der Waals surface area contributed by atoms with Crippen LogP contribution in [0, 0.1) is 0 Å². The molecule has 1 saturated heterocycles. The van der Waals surface area contributed by atoms with Gasteiger partial charge in [0.05, 0.1) is 6.04 Å². The first-order chi connectivity index (χ1) is 9.27. The number of fused-ring (bicyclic) bond motifs is 2. The highest BCUT2D eigenvalue weighted by Crippen LogP contribution is 2.42. The Morgan fingerprint density at radius 3 is 2.95 bits per heavy atom. The minimum absolute atomic E-state index is 0.0337. The number of carbonyl (C=O) groups is 1. The molecule has 1 spiro atoms. The summed E-state index contributed by atoms with van der Waals surface area (Å²) in [5.74, 6) is 0.184. The zero-order valence-electron chi connectivity index (χ0n) is 10.9. The van der Waals surface area contributed by atoms with Crippen molar-refractivity contribution in [3.8, 4) is 0 Å². The summed E-state index contributed by atoms with van der Waals surface area (Å²) in [6, 6.07) is 8.88. The highest BCUT2D eigenvalue weighted by atomic mass is 16.2. The molecule has 3 aliphatic rings. The number of benzene rings is 1. The van der Waals surface area contributed by atoms with Crippen molar-refractivity contribution in [2.24, 2.45) is 0 Å². The molecule has 0 bridgehead atoms. The molecule has 100 valence electrons. The van der Waals surface area contributed by atoms with E-state index in [1.165, 1.54) is 11.3 Å². The molecule has 1 aromatic rings. The van der Waals surface area contributed by atoms with Gasteiger partial charge in [-0.1, -0.05) is 18.2 Å². The summed E-state index contributed by atoms with van der Waals surface area (Å²) in [6.45, 7) is 1.83. The van der Waals surface area contributed by atoms with Gasteiger partial charge in [-0.3, -0.25) is 4.79 Å². The fourth-order valence-electron chi connectivity index (χ4n) is 3.37. The lowest BCUT2D eigenvalue weighted by Gasteiger charge is -2.22. The lowest BCUT2D eigenvalue weighted by atomic mass is 9.80. The van der Waals surface area contributed by atoms with E-state index in [0.717, 1.165) is 32.4 Å². The van der Waals surface area contributed by atoms with Crippen LogP contribution in [-0.4, -0.2) is 31.1 Å². The Hall–Kier alpha value is -1.55. The van der Waals surface area contributed by atoms with Crippen molar-refractivity contribution in [2.75, 3.05) is 18.4 Å². The van der Waals surface area contributed by atoms with Gasteiger partial charge < -0.3 is 16.0 Å². The van der Waals surface area contributed by atoms with Crippen LogP contribution in [0.15, 0.2) is 24.3 Å². The largest absolute Gasteiger partial charge is 0.384 e. The van der Waals surface area contributed by atoms with Crippen molar-refractivity contribution < 1.29 is 4.79 Å². The summed E-state index contributed by atoms with van der Waals surface area (Å²) in [7, 11) is 0. The van der Waals surface area contributed by atoms with Crippen LogP contribution in [0.1, 0.15) is 24.8 Å². The zero-order valence-corrected chi connectivity index (χ0v) is 10.9. The van der Waals surface area contributed by atoms with Crippen LogP contribution in [0.3, 0.4) is 0 Å². The second-order valence-corrected chi connectivity index (χ2v) is 6.10. The molecule has 1 saturated carbocycles. The predicted molar refractivity (Wildman–Crippen MR) is 74.2 cm³/mol. The summed E-state index contributed by atoms with van der Waals surface area (Å²) < 4.78 is 0. The third-order valence-electron chi connectivity index (χ3n) is 4.64. The molecule has 1 aromatic carbocycles. The number of hydrogen-bond donors (Lipinski definition) is 3. The number of amides is 1. The molecular formula is C15H19N3O. The SMILES string of the molecule is O=C(NC1CC1)C1CC2(CNc3ccccc32)CN1. The first-order valence-electron chi connectivity index (χ1n) is 7.14. The second-order valence-electron chi connectivity index (χ2n) is 6.10. The van der Waals surface area contributed by atoms with Gasteiger partial charge in [-0.05, 0) is 30.9 Å². The number of anilines is 1. The van der Waals surface area contributed by atoms with Gasteiger partial charge in [-0.2, -0.15) is 0 Å². The molecule has 3 N–H and O–H groups in total. The molecule has 4 heteroatoms. The smallest absolute Gasteiger partial charge is 0.237 e. The van der Waals surface area contributed by atoms with Crippen molar-refractivity contribution in [3.63, 3.8) is 0 Å². The maximum atomic E-state index is 12.2. The average molecular weight is 257 g/mol. The standard InChI is InChI=1S/C15H19N3O/c19-14(18-10-5-6-10)13-7-15(9-17-13)8-16-12-4-2-1-3-11(12)15/h1-4,10,13,16-17H,5-9H2,(H,18,19). The molecule has 0 radical (unpaired) electrons. The molecule has 2 unspecified atom stereocenters. The van der Waals surface area contributed by atoms with E-state index in [1.807, 2.05) is 0 Å². The van der Waals surface area contributed by atoms with E-state index in [1.54, 1.807) is 0 Å². The van der Waals surface area contributed by atoms with Crippen LogP contribution < -0.4 is 16.0 Å². The van der Waals surface area contributed by atoms with E-state index in [9.17, 15) is 4.79 Å². The van der Waals surface area contributed by atoms with Gasteiger partial charge in [0, 0.05) is 30.2 Å². The van der Waals surface area contributed by atoms with Crippen LogP contribution in [0.25, 0.3) is 0 Å². The third-order valence-corrected chi connectivity index (χ3v) is 4.64. The van der Waals surface area contributed by atoms with Crippen molar-refractivity contribution in [2.45, 2.75) is 36.8 Å². The normalized spacial score (nSPS) is 32.1. The Balaban J connectivity index is 1.53. The monoisotopic (exact) mass is 257 g/mol. The topological polar surface area (TPSA) is 53.2 Å². The summed E-state index contributed by atoms with van der Waals surface area (Å²) in [5, 5.41) is 9.99. The van der Waals surface area contributed by atoms with E-state index in [4.69, 9.17) is 0 Å².